The van der Waals surface area contributed by atoms with Crippen LogP contribution in [0.2, 0.25) is 0 Å². The van der Waals surface area contributed by atoms with Gasteiger partial charge in [0, 0.05) is 36.0 Å². The predicted octanol–water partition coefficient (Wildman–Crippen LogP) is 2.90. The third-order valence-electron chi connectivity index (χ3n) is 3.57. The minimum absolute atomic E-state index is 0.154. The van der Waals surface area contributed by atoms with Crippen LogP contribution in [0.3, 0.4) is 0 Å². The van der Waals surface area contributed by atoms with Crippen molar-refractivity contribution < 1.29 is 9.47 Å². The Morgan fingerprint density at radius 2 is 1.75 bits per heavy atom. The van der Waals surface area contributed by atoms with Gasteiger partial charge in [-0.25, -0.2) is 0 Å². The van der Waals surface area contributed by atoms with E-state index in [-0.39, 0.29) is 12.0 Å². The normalized spacial score (nSPS) is 13.6. The molecular weight excluding hydrogens is 252 g/mol. The summed E-state index contributed by atoms with van der Waals surface area (Å²) >= 11 is 0. The van der Waals surface area contributed by atoms with E-state index in [1.54, 1.807) is 26.6 Å². The fourth-order valence-electron chi connectivity index (χ4n) is 2.24. The summed E-state index contributed by atoms with van der Waals surface area (Å²) in [5, 5.41) is 0. The molecule has 4 nitrogen and oxygen atoms in total. The zero-order valence-corrected chi connectivity index (χ0v) is 12.0. The molecule has 2 unspecified atom stereocenters. The van der Waals surface area contributed by atoms with Crippen LogP contribution in [-0.2, 0) is 0 Å². The number of aromatic nitrogens is 1. The Morgan fingerprint density at radius 3 is 2.35 bits per heavy atom. The molecule has 0 radical (unpaired) electrons. The molecule has 2 rings (SSSR count). The molecule has 1 heterocycles. The van der Waals surface area contributed by atoms with Gasteiger partial charge in [0.05, 0.1) is 14.2 Å². The highest BCUT2D eigenvalue weighted by molar-refractivity contribution is 5.43. The van der Waals surface area contributed by atoms with Crippen LogP contribution >= 0.6 is 0 Å². The summed E-state index contributed by atoms with van der Waals surface area (Å²) in [5.74, 6) is 1.67. The fourth-order valence-corrected chi connectivity index (χ4v) is 2.24. The number of rotatable bonds is 5. The van der Waals surface area contributed by atoms with Gasteiger partial charge < -0.3 is 15.2 Å². The van der Waals surface area contributed by atoms with Crippen LogP contribution in [0.5, 0.6) is 11.5 Å². The van der Waals surface area contributed by atoms with Crippen LogP contribution < -0.4 is 15.2 Å². The molecule has 4 heteroatoms. The van der Waals surface area contributed by atoms with Crippen molar-refractivity contribution >= 4 is 0 Å². The first-order chi connectivity index (χ1) is 9.67. The third kappa shape index (κ3) is 2.91. The average molecular weight is 272 g/mol. The van der Waals surface area contributed by atoms with E-state index in [4.69, 9.17) is 15.2 Å². The summed E-state index contributed by atoms with van der Waals surface area (Å²) in [4.78, 5) is 4.03. The van der Waals surface area contributed by atoms with Crippen LogP contribution in [0, 0.1) is 0 Å². The van der Waals surface area contributed by atoms with Crippen LogP contribution in [0.4, 0.5) is 0 Å². The van der Waals surface area contributed by atoms with Crippen LogP contribution in [0.25, 0.3) is 0 Å². The Morgan fingerprint density at radius 1 is 1.05 bits per heavy atom. The molecule has 1 aromatic heterocycles. The second-order valence-corrected chi connectivity index (χ2v) is 4.70. The topological polar surface area (TPSA) is 57.4 Å². The number of methoxy groups -OCH3 is 2. The summed E-state index contributed by atoms with van der Waals surface area (Å²) in [7, 11) is 3.27. The smallest absolute Gasteiger partial charge is 0.127 e. The quantitative estimate of drug-likeness (QED) is 0.909. The van der Waals surface area contributed by atoms with Crippen molar-refractivity contribution in [3.05, 3.63) is 53.9 Å². The largest absolute Gasteiger partial charge is 0.497 e. The first kappa shape index (κ1) is 14.3. The maximum absolute atomic E-state index is 6.40. The van der Waals surface area contributed by atoms with Gasteiger partial charge in [-0.05, 0) is 23.8 Å². The van der Waals surface area contributed by atoms with Gasteiger partial charge in [-0.2, -0.15) is 0 Å². The van der Waals surface area contributed by atoms with Gasteiger partial charge in [0.25, 0.3) is 0 Å². The molecule has 20 heavy (non-hydrogen) atoms. The van der Waals surface area contributed by atoms with E-state index in [0.717, 1.165) is 22.6 Å². The van der Waals surface area contributed by atoms with E-state index in [1.807, 2.05) is 30.3 Å². The SMILES string of the molecule is COc1ccc(C(N)C(C)c2ccncc2)c(OC)c1. The minimum Gasteiger partial charge on any atom is -0.497 e. The molecule has 0 bridgehead atoms. The molecule has 0 spiro atoms. The van der Waals surface area contributed by atoms with Crippen molar-refractivity contribution in [2.45, 2.75) is 18.9 Å². The van der Waals surface area contributed by atoms with Gasteiger partial charge in [-0.1, -0.05) is 13.0 Å². The summed E-state index contributed by atoms with van der Waals surface area (Å²) in [6.45, 7) is 2.10. The average Bonchev–Trinajstić information content (AvgIpc) is 2.53. The highest BCUT2D eigenvalue weighted by Crippen LogP contribution is 2.35. The van der Waals surface area contributed by atoms with Crippen LogP contribution in [0.15, 0.2) is 42.7 Å². The molecule has 0 amide bonds. The lowest BCUT2D eigenvalue weighted by molar-refractivity contribution is 0.386. The lowest BCUT2D eigenvalue weighted by Gasteiger charge is -2.23. The van der Waals surface area contributed by atoms with Gasteiger partial charge in [0.15, 0.2) is 0 Å². The lowest BCUT2D eigenvalue weighted by Crippen LogP contribution is -2.18. The van der Waals surface area contributed by atoms with Gasteiger partial charge >= 0.3 is 0 Å². The molecular formula is C16H20N2O2. The number of nitrogens with zero attached hydrogens (tertiary/aromatic N) is 1. The number of hydrogen-bond acceptors (Lipinski definition) is 4. The molecule has 0 aliphatic heterocycles. The van der Waals surface area contributed by atoms with Crippen molar-refractivity contribution in [3.8, 4) is 11.5 Å². The first-order valence-electron chi connectivity index (χ1n) is 6.54. The van der Waals surface area contributed by atoms with Crippen molar-refractivity contribution in [2.24, 2.45) is 5.73 Å². The number of ether oxygens (including phenoxy) is 2. The minimum atomic E-state index is -0.154. The Labute approximate surface area is 119 Å². The Kier molecular flexibility index (Phi) is 4.58. The standard InChI is InChI=1S/C16H20N2O2/c1-11(12-6-8-18-9-7-12)16(17)14-5-4-13(19-2)10-15(14)20-3/h4-11,16H,17H2,1-3H3. The van der Waals surface area contributed by atoms with Gasteiger partial charge in [-0.3, -0.25) is 4.98 Å². The number of pyridine rings is 1. The van der Waals surface area contributed by atoms with Crippen LogP contribution in [0.1, 0.15) is 30.0 Å². The van der Waals surface area contributed by atoms with E-state index in [0.29, 0.717) is 0 Å². The predicted molar refractivity (Wildman–Crippen MR) is 79.1 cm³/mol. The molecule has 2 N–H and O–H groups in total. The molecule has 106 valence electrons. The van der Waals surface area contributed by atoms with Gasteiger partial charge in [0.1, 0.15) is 11.5 Å². The van der Waals surface area contributed by atoms with Gasteiger partial charge in [0.2, 0.25) is 0 Å². The molecule has 1 aromatic carbocycles. The van der Waals surface area contributed by atoms with Crippen molar-refractivity contribution in [3.63, 3.8) is 0 Å². The lowest BCUT2D eigenvalue weighted by atomic mass is 9.89. The number of nitrogens with two attached hydrogens (primary N) is 1. The maximum atomic E-state index is 6.40. The zero-order chi connectivity index (χ0) is 14.5. The van der Waals surface area contributed by atoms with Crippen molar-refractivity contribution in [1.29, 1.82) is 0 Å². The van der Waals surface area contributed by atoms with E-state index >= 15 is 0 Å². The van der Waals surface area contributed by atoms with Crippen LogP contribution in [-0.4, -0.2) is 19.2 Å². The molecule has 2 aromatic rings. The molecule has 0 aliphatic carbocycles. The molecule has 0 saturated heterocycles. The second kappa shape index (κ2) is 6.39. The van der Waals surface area contributed by atoms with E-state index in [2.05, 4.69) is 11.9 Å². The first-order valence-corrected chi connectivity index (χ1v) is 6.54. The van der Waals surface area contributed by atoms with Gasteiger partial charge in [-0.15, -0.1) is 0 Å². The Hall–Kier alpha value is -2.07. The van der Waals surface area contributed by atoms with E-state index < -0.39 is 0 Å². The molecule has 0 aliphatic rings. The summed E-state index contributed by atoms with van der Waals surface area (Å²) < 4.78 is 10.6. The Bertz CT molecular complexity index is 558. The fraction of sp³-hybridized carbons (Fsp3) is 0.312. The van der Waals surface area contributed by atoms with Crippen molar-refractivity contribution in [2.75, 3.05) is 14.2 Å². The number of benzene rings is 1. The summed E-state index contributed by atoms with van der Waals surface area (Å²) in [5.41, 5.74) is 8.52. The Balaban J connectivity index is 2.31. The monoisotopic (exact) mass is 272 g/mol. The third-order valence-corrected chi connectivity index (χ3v) is 3.57. The number of hydrogen-bond donors (Lipinski definition) is 1. The summed E-state index contributed by atoms with van der Waals surface area (Å²) in [6, 6.07) is 9.53. The molecule has 0 saturated carbocycles. The summed E-state index contributed by atoms with van der Waals surface area (Å²) in [6.07, 6.45) is 3.56. The van der Waals surface area contributed by atoms with E-state index in [9.17, 15) is 0 Å². The zero-order valence-electron chi connectivity index (χ0n) is 12.0. The highest BCUT2D eigenvalue weighted by Gasteiger charge is 2.20. The van der Waals surface area contributed by atoms with E-state index in [1.165, 1.54) is 0 Å². The van der Waals surface area contributed by atoms with Crippen molar-refractivity contribution in [1.82, 2.24) is 4.98 Å². The molecule has 2 atom stereocenters. The molecule has 0 fully saturated rings. The highest BCUT2D eigenvalue weighted by atomic mass is 16.5. The second-order valence-electron chi connectivity index (χ2n) is 4.70. The maximum Gasteiger partial charge on any atom is 0.127 e.